The molecular weight excluding hydrogens is 266 g/mol. The minimum atomic E-state index is -0.239. The zero-order valence-electron chi connectivity index (χ0n) is 12.3. The van der Waals surface area contributed by atoms with Crippen LogP contribution >= 0.6 is 0 Å². The molecule has 0 aliphatic heterocycles. The van der Waals surface area contributed by atoms with Gasteiger partial charge in [-0.1, -0.05) is 31.5 Å². The highest BCUT2D eigenvalue weighted by atomic mass is 16.2. The summed E-state index contributed by atoms with van der Waals surface area (Å²) in [5.41, 5.74) is 2.30. The van der Waals surface area contributed by atoms with Gasteiger partial charge in [-0.25, -0.2) is 4.98 Å². The molecule has 21 heavy (non-hydrogen) atoms. The maximum atomic E-state index is 12.0. The number of hydrogen-bond acceptors (Lipinski definition) is 3. The first-order valence-electron chi connectivity index (χ1n) is 7.01. The SMILES string of the molecule is CCCc1cc(=O)n(CC(=O)Nc2ccccc2C)cn1. The fourth-order valence-corrected chi connectivity index (χ4v) is 2.03. The molecule has 0 fully saturated rings. The van der Waals surface area contributed by atoms with Gasteiger partial charge in [0.2, 0.25) is 5.91 Å². The lowest BCUT2D eigenvalue weighted by Gasteiger charge is -2.09. The lowest BCUT2D eigenvalue weighted by atomic mass is 10.2. The largest absolute Gasteiger partial charge is 0.324 e. The highest BCUT2D eigenvalue weighted by Gasteiger charge is 2.07. The summed E-state index contributed by atoms with van der Waals surface area (Å²) in [6.45, 7) is 3.91. The molecule has 1 aromatic carbocycles. The van der Waals surface area contributed by atoms with E-state index in [9.17, 15) is 9.59 Å². The van der Waals surface area contributed by atoms with Crippen molar-refractivity contribution in [2.24, 2.45) is 0 Å². The number of rotatable bonds is 5. The van der Waals surface area contributed by atoms with E-state index in [2.05, 4.69) is 10.3 Å². The third-order valence-corrected chi connectivity index (χ3v) is 3.18. The van der Waals surface area contributed by atoms with E-state index in [1.165, 1.54) is 17.0 Å². The number of anilines is 1. The van der Waals surface area contributed by atoms with Gasteiger partial charge in [0.25, 0.3) is 5.56 Å². The van der Waals surface area contributed by atoms with Crippen LogP contribution in [-0.2, 0) is 17.8 Å². The Morgan fingerprint density at radius 2 is 2.10 bits per heavy atom. The normalized spacial score (nSPS) is 10.4. The van der Waals surface area contributed by atoms with Gasteiger partial charge >= 0.3 is 0 Å². The molecule has 0 spiro atoms. The molecule has 0 atom stereocenters. The molecule has 1 N–H and O–H groups in total. The Bertz CT molecular complexity index is 692. The van der Waals surface area contributed by atoms with Crippen LogP contribution in [0.25, 0.3) is 0 Å². The summed E-state index contributed by atoms with van der Waals surface area (Å²) in [6, 6.07) is 9.01. The number of benzene rings is 1. The molecule has 0 saturated carbocycles. The number of para-hydroxylation sites is 1. The van der Waals surface area contributed by atoms with Crippen LogP contribution in [0.4, 0.5) is 5.69 Å². The van der Waals surface area contributed by atoms with Gasteiger partial charge in [-0.3, -0.25) is 14.2 Å². The molecule has 2 rings (SSSR count). The van der Waals surface area contributed by atoms with Crippen LogP contribution in [0.5, 0.6) is 0 Å². The Morgan fingerprint density at radius 1 is 1.33 bits per heavy atom. The van der Waals surface area contributed by atoms with Gasteiger partial charge in [0.1, 0.15) is 6.54 Å². The van der Waals surface area contributed by atoms with Crippen molar-refractivity contribution >= 4 is 11.6 Å². The lowest BCUT2D eigenvalue weighted by molar-refractivity contribution is -0.116. The molecule has 0 unspecified atom stereocenters. The highest BCUT2D eigenvalue weighted by Crippen LogP contribution is 2.12. The summed E-state index contributed by atoms with van der Waals surface area (Å²) in [4.78, 5) is 28.1. The molecule has 1 heterocycles. The highest BCUT2D eigenvalue weighted by molar-refractivity contribution is 5.91. The molecule has 1 aromatic heterocycles. The van der Waals surface area contributed by atoms with E-state index >= 15 is 0 Å². The summed E-state index contributed by atoms with van der Waals surface area (Å²) in [5, 5.41) is 2.80. The minimum Gasteiger partial charge on any atom is -0.324 e. The van der Waals surface area contributed by atoms with Gasteiger partial charge in [0, 0.05) is 17.4 Å². The molecule has 2 aromatic rings. The maximum Gasteiger partial charge on any atom is 0.253 e. The molecule has 0 aliphatic rings. The predicted molar refractivity (Wildman–Crippen MR) is 82.3 cm³/mol. The van der Waals surface area contributed by atoms with Crippen molar-refractivity contribution in [1.82, 2.24) is 9.55 Å². The van der Waals surface area contributed by atoms with E-state index in [0.29, 0.717) is 0 Å². The summed E-state index contributed by atoms with van der Waals surface area (Å²) < 4.78 is 1.31. The van der Waals surface area contributed by atoms with Gasteiger partial charge in [-0.15, -0.1) is 0 Å². The summed E-state index contributed by atoms with van der Waals surface area (Å²) in [6.07, 6.45) is 3.14. The van der Waals surface area contributed by atoms with Crippen molar-refractivity contribution in [3.63, 3.8) is 0 Å². The Morgan fingerprint density at radius 3 is 2.76 bits per heavy atom. The van der Waals surface area contributed by atoms with Gasteiger partial charge in [0.15, 0.2) is 0 Å². The summed E-state index contributed by atoms with van der Waals surface area (Å²) in [7, 11) is 0. The van der Waals surface area contributed by atoms with Crippen LogP contribution in [0.3, 0.4) is 0 Å². The Kier molecular flexibility index (Phi) is 4.87. The zero-order valence-corrected chi connectivity index (χ0v) is 12.3. The standard InChI is InChI=1S/C16H19N3O2/c1-3-6-13-9-16(21)19(11-17-13)10-15(20)18-14-8-5-4-7-12(14)2/h4-5,7-9,11H,3,6,10H2,1-2H3,(H,18,20). The number of hydrogen-bond donors (Lipinski definition) is 1. The average molecular weight is 285 g/mol. The maximum absolute atomic E-state index is 12.0. The van der Waals surface area contributed by atoms with E-state index in [-0.39, 0.29) is 18.0 Å². The van der Waals surface area contributed by atoms with E-state index in [4.69, 9.17) is 0 Å². The fourth-order valence-electron chi connectivity index (χ4n) is 2.03. The first-order valence-corrected chi connectivity index (χ1v) is 7.01. The Hall–Kier alpha value is -2.43. The number of nitrogens with one attached hydrogen (secondary N) is 1. The lowest BCUT2D eigenvalue weighted by Crippen LogP contribution is -2.28. The van der Waals surface area contributed by atoms with E-state index in [0.717, 1.165) is 29.8 Å². The predicted octanol–water partition coefficient (Wildman–Crippen LogP) is 2.14. The molecular formula is C16H19N3O2. The third-order valence-electron chi connectivity index (χ3n) is 3.18. The quantitative estimate of drug-likeness (QED) is 0.915. The number of aryl methyl sites for hydroxylation is 2. The van der Waals surface area contributed by atoms with Crippen molar-refractivity contribution in [2.75, 3.05) is 5.32 Å². The number of carbonyl (C=O) groups excluding carboxylic acids is 1. The Balaban J connectivity index is 2.06. The van der Waals surface area contributed by atoms with Crippen molar-refractivity contribution in [3.05, 3.63) is 58.3 Å². The van der Waals surface area contributed by atoms with Crippen molar-refractivity contribution in [3.8, 4) is 0 Å². The monoisotopic (exact) mass is 285 g/mol. The topological polar surface area (TPSA) is 64.0 Å². The van der Waals surface area contributed by atoms with E-state index in [1.54, 1.807) is 0 Å². The third kappa shape index (κ3) is 4.02. The van der Waals surface area contributed by atoms with Crippen LogP contribution in [0.1, 0.15) is 24.6 Å². The second-order valence-corrected chi connectivity index (χ2v) is 4.96. The smallest absolute Gasteiger partial charge is 0.253 e. The van der Waals surface area contributed by atoms with Crippen LogP contribution < -0.4 is 10.9 Å². The van der Waals surface area contributed by atoms with Gasteiger partial charge in [-0.2, -0.15) is 0 Å². The van der Waals surface area contributed by atoms with Gasteiger partial charge < -0.3 is 5.32 Å². The number of carbonyl (C=O) groups is 1. The van der Waals surface area contributed by atoms with Gasteiger partial charge in [0.05, 0.1) is 6.33 Å². The number of nitrogens with zero attached hydrogens (tertiary/aromatic N) is 2. The molecule has 5 heteroatoms. The number of amides is 1. The van der Waals surface area contributed by atoms with E-state index in [1.807, 2.05) is 38.1 Å². The molecule has 0 radical (unpaired) electrons. The molecule has 0 saturated heterocycles. The second kappa shape index (κ2) is 6.83. The van der Waals surface area contributed by atoms with Crippen LogP contribution in [-0.4, -0.2) is 15.5 Å². The summed E-state index contributed by atoms with van der Waals surface area (Å²) >= 11 is 0. The first-order chi connectivity index (χ1) is 10.1. The first kappa shape index (κ1) is 15.0. The van der Waals surface area contributed by atoms with Crippen LogP contribution in [0.15, 0.2) is 41.5 Å². The molecule has 0 bridgehead atoms. The molecule has 110 valence electrons. The van der Waals surface area contributed by atoms with Crippen LogP contribution in [0, 0.1) is 6.92 Å². The van der Waals surface area contributed by atoms with Gasteiger partial charge in [-0.05, 0) is 25.0 Å². The van der Waals surface area contributed by atoms with E-state index < -0.39 is 0 Å². The average Bonchev–Trinajstić information content (AvgIpc) is 2.45. The fraction of sp³-hybridized carbons (Fsp3) is 0.312. The second-order valence-electron chi connectivity index (χ2n) is 4.96. The van der Waals surface area contributed by atoms with Crippen molar-refractivity contribution < 1.29 is 4.79 Å². The minimum absolute atomic E-state index is 0.0351. The Labute approximate surface area is 123 Å². The molecule has 5 nitrogen and oxygen atoms in total. The molecule has 0 aliphatic carbocycles. The zero-order chi connectivity index (χ0) is 15.2. The van der Waals surface area contributed by atoms with Crippen LogP contribution in [0.2, 0.25) is 0 Å². The summed E-state index contributed by atoms with van der Waals surface area (Å²) in [5.74, 6) is -0.239. The number of aromatic nitrogens is 2. The van der Waals surface area contributed by atoms with Crippen molar-refractivity contribution in [1.29, 1.82) is 0 Å². The molecule has 1 amide bonds. The van der Waals surface area contributed by atoms with Crippen molar-refractivity contribution in [2.45, 2.75) is 33.2 Å².